The molecule has 5 fully saturated rings. The Morgan fingerprint density at radius 2 is 1.70 bits per heavy atom. The van der Waals surface area contributed by atoms with E-state index >= 15 is 0 Å². The number of carbonyl (C=O) groups is 4. The smallest absolute Gasteiger partial charge is 0.262 e. The molecule has 5 aliphatic rings. The van der Waals surface area contributed by atoms with Crippen LogP contribution in [0.25, 0.3) is 0 Å². The summed E-state index contributed by atoms with van der Waals surface area (Å²) in [4.78, 5) is 51.6. The van der Waals surface area contributed by atoms with Crippen molar-refractivity contribution in [3.8, 4) is 0 Å². The number of rotatable bonds is 6. The number of piperazine rings is 1. The molecule has 1 heterocycles. The first-order chi connectivity index (χ1) is 14.2. The fourth-order valence-electron chi connectivity index (χ4n) is 6.63. The van der Waals surface area contributed by atoms with E-state index in [4.69, 9.17) is 5.21 Å². The number of imide groups is 1. The van der Waals surface area contributed by atoms with Gasteiger partial charge in [-0.15, -0.1) is 0 Å². The molecule has 166 valence electrons. The van der Waals surface area contributed by atoms with Gasteiger partial charge in [0.05, 0.1) is 12.6 Å². The van der Waals surface area contributed by atoms with Gasteiger partial charge < -0.3 is 5.32 Å². The van der Waals surface area contributed by atoms with Crippen molar-refractivity contribution < 1.29 is 24.4 Å². The average Bonchev–Trinajstić information content (AvgIpc) is 2.69. The van der Waals surface area contributed by atoms with E-state index in [9.17, 15) is 19.2 Å². The maximum atomic E-state index is 13.8. The molecule has 0 radical (unpaired) electrons. The van der Waals surface area contributed by atoms with Crippen LogP contribution >= 0.6 is 0 Å². The largest absolute Gasteiger partial charge is 0.345 e. The number of hydrogen-bond acceptors (Lipinski definition) is 6. The lowest BCUT2D eigenvalue weighted by molar-refractivity contribution is -0.175. The van der Waals surface area contributed by atoms with E-state index in [1.807, 2.05) is 13.8 Å². The highest BCUT2D eigenvalue weighted by molar-refractivity contribution is 6.07. The molecule has 0 unspecified atom stereocenters. The van der Waals surface area contributed by atoms with Crippen molar-refractivity contribution in [1.29, 1.82) is 0 Å². The van der Waals surface area contributed by atoms with Crippen LogP contribution in [0.1, 0.15) is 52.4 Å². The summed E-state index contributed by atoms with van der Waals surface area (Å²) in [6.07, 6.45) is 5.88. The zero-order chi connectivity index (χ0) is 21.6. The third kappa shape index (κ3) is 3.51. The highest BCUT2D eigenvalue weighted by Gasteiger charge is 2.65. The number of nitrogens with one attached hydrogen (secondary N) is 3. The first kappa shape index (κ1) is 21.2. The zero-order valence-corrected chi connectivity index (χ0v) is 17.6. The standard InChI is InChI=1S/C21H32N4O5/c1-11(2)3-16-19(28)25(10-18(27)22-9-17(26)24-30)20(29)21(23-16)14-5-12-4-13(7-14)8-15(21)6-12/h11-16,23,30H,3-10H2,1-2H3,(H,22,27)(H,24,26)/t12?,13?,14?,15?,16-,21?/m0/s1. The minimum atomic E-state index is -0.767. The first-order valence-electron chi connectivity index (χ1n) is 11.1. The maximum absolute atomic E-state index is 13.8. The van der Waals surface area contributed by atoms with Crippen molar-refractivity contribution >= 4 is 23.6 Å². The van der Waals surface area contributed by atoms with Crippen molar-refractivity contribution in [1.82, 2.24) is 21.0 Å². The van der Waals surface area contributed by atoms with E-state index < -0.39 is 36.5 Å². The van der Waals surface area contributed by atoms with Crippen LogP contribution < -0.4 is 16.1 Å². The molecule has 0 aromatic carbocycles. The molecule has 0 aromatic heterocycles. The van der Waals surface area contributed by atoms with Gasteiger partial charge in [0.25, 0.3) is 11.8 Å². The van der Waals surface area contributed by atoms with E-state index in [0.717, 1.165) is 30.6 Å². The van der Waals surface area contributed by atoms with Gasteiger partial charge in [-0.2, -0.15) is 0 Å². The molecular weight excluding hydrogens is 388 g/mol. The Kier molecular flexibility index (Phi) is 5.61. The van der Waals surface area contributed by atoms with Crippen molar-refractivity contribution in [2.24, 2.45) is 29.6 Å². The van der Waals surface area contributed by atoms with Gasteiger partial charge in [-0.3, -0.25) is 34.6 Å². The molecule has 4 saturated carbocycles. The minimum absolute atomic E-state index is 0.203. The van der Waals surface area contributed by atoms with Crippen molar-refractivity contribution in [3.63, 3.8) is 0 Å². The fraction of sp³-hybridized carbons (Fsp3) is 0.810. The molecule has 5 rings (SSSR count). The van der Waals surface area contributed by atoms with Gasteiger partial charge in [0.15, 0.2) is 0 Å². The monoisotopic (exact) mass is 420 g/mol. The van der Waals surface area contributed by atoms with Gasteiger partial charge in [-0.25, -0.2) is 5.48 Å². The molecule has 9 heteroatoms. The normalized spacial score (nSPS) is 37.2. The molecule has 9 nitrogen and oxygen atoms in total. The van der Waals surface area contributed by atoms with Gasteiger partial charge in [0, 0.05) is 0 Å². The van der Waals surface area contributed by atoms with Crippen molar-refractivity contribution in [2.45, 2.75) is 64.0 Å². The topological polar surface area (TPSA) is 128 Å². The SMILES string of the molecule is CC(C)C[C@@H]1NC2(C(=O)N(CC(=O)NCC(=O)NO)C1=O)C1CC3CC(C1)CC2C3. The third-order valence-electron chi connectivity index (χ3n) is 7.58. The lowest BCUT2D eigenvalue weighted by atomic mass is 9.47. The van der Waals surface area contributed by atoms with Crippen LogP contribution in [0.4, 0.5) is 0 Å². The fourth-order valence-corrected chi connectivity index (χ4v) is 6.63. The van der Waals surface area contributed by atoms with Crippen LogP contribution in [0.5, 0.6) is 0 Å². The van der Waals surface area contributed by atoms with Gasteiger partial charge >= 0.3 is 0 Å². The minimum Gasteiger partial charge on any atom is -0.345 e. The molecule has 4 amide bonds. The highest BCUT2D eigenvalue weighted by Crippen LogP contribution is 2.59. The molecular formula is C21H32N4O5. The second-order valence-corrected chi connectivity index (χ2v) is 10.0. The Balaban J connectivity index is 1.59. The molecule has 4 aliphatic carbocycles. The lowest BCUT2D eigenvalue weighted by Crippen LogP contribution is -2.79. The first-order valence-corrected chi connectivity index (χ1v) is 11.1. The molecule has 4 N–H and O–H groups in total. The Bertz CT molecular complexity index is 724. The second kappa shape index (κ2) is 7.92. The van der Waals surface area contributed by atoms with Gasteiger partial charge in [0.2, 0.25) is 11.8 Å². The van der Waals surface area contributed by atoms with Crippen LogP contribution in [-0.4, -0.2) is 58.4 Å². The Morgan fingerprint density at radius 3 is 2.23 bits per heavy atom. The third-order valence-corrected chi connectivity index (χ3v) is 7.58. The molecule has 30 heavy (non-hydrogen) atoms. The molecule has 1 atom stereocenters. The quantitative estimate of drug-likeness (QED) is 0.276. The summed E-state index contributed by atoms with van der Waals surface area (Å²) >= 11 is 0. The molecule has 4 bridgehead atoms. The van der Waals surface area contributed by atoms with E-state index in [0.29, 0.717) is 18.3 Å². The van der Waals surface area contributed by atoms with E-state index in [-0.39, 0.29) is 29.6 Å². The summed E-state index contributed by atoms with van der Waals surface area (Å²) in [6, 6.07) is -0.492. The molecule has 1 saturated heterocycles. The van der Waals surface area contributed by atoms with Crippen LogP contribution in [0, 0.1) is 29.6 Å². The predicted molar refractivity (Wildman–Crippen MR) is 106 cm³/mol. The van der Waals surface area contributed by atoms with Gasteiger partial charge in [0.1, 0.15) is 12.1 Å². The Morgan fingerprint density at radius 1 is 1.10 bits per heavy atom. The van der Waals surface area contributed by atoms with Gasteiger partial charge in [-0.05, 0) is 68.1 Å². The highest BCUT2D eigenvalue weighted by atomic mass is 16.5. The van der Waals surface area contributed by atoms with Gasteiger partial charge in [-0.1, -0.05) is 13.8 Å². The number of carbonyl (C=O) groups excluding carboxylic acids is 4. The summed E-state index contributed by atoms with van der Waals surface area (Å²) in [5.74, 6) is 0.00570. The molecule has 0 aromatic rings. The van der Waals surface area contributed by atoms with E-state index in [1.54, 1.807) is 0 Å². The predicted octanol–water partition coefficient (Wildman–Crippen LogP) is 0.176. The van der Waals surface area contributed by atoms with Crippen molar-refractivity contribution in [2.75, 3.05) is 13.1 Å². The Hall–Kier alpha value is -2.00. The lowest BCUT2D eigenvalue weighted by Gasteiger charge is -2.63. The molecule has 1 aliphatic heterocycles. The summed E-state index contributed by atoms with van der Waals surface area (Å²) in [6.45, 7) is 3.26. The van der Waals surface area contributed by atoms with Crippen molar-refractivity contribution in [3.05, 3.63) is 0 Å². The summed E-state index contributed by atoms with van der Waals surface area (Å²) < 4.78 is 0. The summed E-state index contributed by atoms with van der Waals surface area (Å²) in [5, 5.41) is 14.5. The number of nitrogens with zero attached hydrogens (tertiary/aromatic N) is 1. The summed E-state index contributed by atoms with van der Waals surface area (Å²) in [5.41, 5.74) is 0.680. The number of hydroxylamine groups is 1. The Labute approximate surface area is 176 Å². The average molecular weight is 421 g/mol. The number of amides is 4. The summed E-state index contributed by atoms with van der Waals surface area (Å²) in [7, 11) is 0. The van der Waals surface area contributed by atoms with Crippen LogP contribution in [-0.2, 0) is 19.2 Å². The van der Waals surface area contributed by atoms with Crippen LogP contribution in [0.15, 0.2) is 0 Å². The molecule has 1 spiro atoms. The number of hydrogen-bond donors (Lipinski definition) is 4. The second-order valence-electron chi connectivity index (χ2n) is 10.0. The van der Waals surface area contributed by atoms with Crippen LogP contribution in [0.3, 0.4) is 0 Å². The van der Waals surface area contributed by atoms with Crippen LogP contribution in [0.2, 0.25) is 0 Å². The van der Waals surface area contributed by atoms with E-state index in [1.165, 1.54) is 11.9 Å². The van der Waals surface area contributed by atoms with E-state index in [2.05, 4.69) is 10.6 Å². The maximum Gasteiger partial charge on any atom is 0.262 e. The zero-order valence-electron chi connectivity index (χ0n) is 17.6.